The van der Waals surface area contributed by atoms with Gasteiger partial charge in [-0.05, 0) is 43.4 Å². The Morgan fingerprint density at radius 1 is 1.16 bits per heavy atom. The Morgan fingerprint density at radius 3 is 2.60 bits per heavy atom. The van der Waals surface area contributed by atoms with Gasteiger partial charge in [-0.15, -0.1) is 0 Å². The first kappa shape index (κ1) is 17.9. The first-order valence-corrected chi connectivity index (χ1v) is 9.02. The van der Waals surface area contributed by atoms with Gasteiger partial charge in [0.2, 0.25) is 6.79 Å². The molecule has 2 aliphatic heterocycles. The largest absolute Gasteiger partial charge is 0.454 e. The van der Waals surface area contributed by atoms with E-state index in [2.05, 4.69) is 30.5 Å². The first-order valence-electron chi connectivity index (χ1n) is 9.02. The molecule has 0 spiro atoms. The summed E-state index contributed by atoms with van der Waals surface area (Å²) >= 11 is 0. The van der Waals surface area contributed by atoms with Crippen molar-refractivity contribution in [3.63, 3.8) is 0 Å². The predicted octanol–water partition coefficient (Wildman–Crippen LogP) is 2.81. The summed E-state index contributed by atoms with van der Waals surface area (Å²) < 4.78 is 16.5. The Bertz CT molecular complexity index is 611. The number of fused-ring (bicyclic) bond motifs is 1. The summed E-state index contributed by atoms with van der Waals surface area (Å²) in [6.45, 7) is 8.44. The molecule has 1 aromatic carbocycles. The van der Waals surface area contributed by atoms with E-state index in [0.717, 1.165) is 29.9 Å². The Labute approximate surface area is 149 Å². The normalized spacial score (nSPS) is 19.5. The second-order valence-corrected chi connectivity index (χ2v) is 7.32. The fourth-order valence-electron chi connectivity index (χ4n) is 3.23. The van der Waals surface area contributed by atoms with Gasteiger partial charge in [0.05, 0.1) is 0 Å². The van der Waals surface area contributed by atoms with Gasteiger partial charge in [0, 0.05) is 31.2 Å². The lowest BCUT2D eigenvalue weighted by molar-refractivity contribution is 0.0505. The summed E-state index contributed by atoms with van der Waals surface area (Å²) in [6, 6.07) is 6.10. The topological polar surface area (TPSA) is 68.8 Å². The number of urea groups is 1. The van der Waals surface area contributed by atoms with Crippen LogP contribution in [0.5, 0.6) is 11.5 Å². The van der Waals surface area contributed by atoms with Gasteiger partial charge < -0.3 is 24.8 Å². The third-order valence-corrected chi connectivity index (χ3v) is 5.38. The van der Waals surface area contributed by atoms with E-state index in [0.29, 0.717) is 25.7 Å². The van der Waals surface area contributed by atoms with Crippen LogP contribution in [0.2, 0.25) is 0 Å². The van der Waals surface area contributed by atoms with Crippen molar-refractivity contribution in [2.24, 2.45) is 5.92 Å². The maximum Gasteiger partial charge on any atom is 0.315 e. The SMILES string of the molecule is CC(C)C(C)NC(=O)NCC1(c2ccc3c(c2)OCO3)CCOCC1. The summed E-state index contributed by atoms with van der Waals surface area (Å²) in [5.74, 6) is 1.96. The number of carbonyl (C=O) groups is 1. The van der Waals surface area contributed by atoms with Crippen LogP contribution in [0.4, 0.5) is 4.79 Å². The smallest absolute Gasteiger partial charge is 0.315 e. The summed E-state index contributed by atoms with van der Waals surface area (Å²) in [6.07, 6.45) is 1.74. The van der Waals surface area contributed by atoms with E-state index in [4.69, 9.17) is 14.2 Å². The Hall–Kier alpha value is -1.95. The molecule has 1 fully saturated rings. The van der Waals surface area contributed by atoms with Gasteiger partial charge in [0.25, 0.3) is 0 Å². The zero-order valence-corrected chi connectivity index (χ0v) is 15.3. The fourth-order valence-corrected chi connectivity index (χ4v) is 3.23. The third-order valence-electron chi connectivity index (χ3n) is 5.38. The van der Waals surface area contributed by atoms with Crippen molar-refractivity contribution < 1.29 is 19.0 Å². The van der Waals surface area contributed by atoms with E-state index < -0.39 is 0 Å². The van der Waals surface area contributed by atoms with Crippen LogP contribution in [0.15, 0.2) is 18.2 Å². The molecule has 3 rings (SSSR count). The van der Waals surface area contributed by atoms with Gasteiger partial charge in [-0.1, -0.05) is 19.9 Å². The maximum atomic E-state index is 12.3. The zero-order valence-electron chi connectivity index (χ0n) is 15.3. The van der Waals surface area contributed by atoms with Crippen molar-refractivity contribution in [1.29, 1.82) is 0 Å². The molecule has 1 atom stereocenters. The highest BCUT2D eigenvalue weighted by Gasteiger charge is 2.36. The lowest BCUT2D eigenvalue weighted by Crippen LogP contribution is -2.49. The van der Waals surface area contributed by atoms with E-state index >= 15 is 0 Å². The molecule has 0 aromatic heterocycles. The molecular weight excluding hydrogens is 320 g/mol. The molecule has 0 bridgehead atoms. The number of amides is 2. The minimum Gasteiger partial charge on any atom is -0.454 e. The van der Waals surface area contributed by atoms with Crippen molar-refractivity contribution in [2.45, 2.75) is 45.1 Å². The average Bonchev–Trinajstić information content (AvgIpc) is 3.08. The summed E-state index contributed by atoms with van der Waals surface area (Å²) in [4.78, 5) is 12.3. The standard InChI is InChI=1S/C19H28N2O4/c1-13(2)14(3)21-18(22)20-11-19(6-8-23-9-7-19)15-4-5-16-17(10-15)25-12-24-16/h4-5,10,13-14H,6-9,11-12H2,1-3H3,(H2,20,21,22). The monoisotopic (exact) mass is 348 g/mol. The van der Waals surface area contributed by atoms with Crippen LogP contribution in [0.3, 0.4) is 0 Å². The number of benzene rings is 1. The zero-order chi connectivity index (χ0) is 17.9. The minimum atomic E-state index is -0.141. The van der Waals surface area contributed by atoms with Crippen LogP contribution in [0.1, 0.15) is 39.2 Å². The van der Waals surface area contributed by atoms with Gasteiger partial charge in [-0.25, -0.2) is 4.79 Å². The molecule has 6 heteroatoms. The molecule has 0 aliphatic carbocycles. The summed E-state index contributed by atoms with van der Waals surface area (Å²) in [5.41, 5.74) is 1.02. The molecule has 1 aromatic rings. The lowest BCUT2D eigenvalue weighted by Gasteiger charge is -2.38. The second kappa shape index (κ2) is 7.52. The minimum absolute atomic E-state index is 0.118. The van der Waals surface area contributed by atoms with Crippen LogP contribution < -0.4 is 20.1 Å². The summed E-state index contributed by atoms with van der Waals surface area (Å²) in [5, 5.41) is 6.07. The number of nitrogens with one attached hydrogen (secondary N) is 2. The lowest BCUT2D eigenvalue weighted by atomic mass is 9.74. The van der Waals surface area contributed by atoms with Crippen molar-refractivity contribution in [3.8, 4) is 11.5 Å². The van der Waals surface area contributed by atoms with Crippen molar-refractivity contribution in [1.82, 2.24) is 10.6 Å². The van der Waals surface area contributed by atoms with E-state index in [1.54, 1.807) is 0 Å². The number of ether oxygens (including phenoxy) is 3. The van der Waals surface area contributed by atoms with Gasteiger partial charge in [-0.3, -0.25) is 0 Å². The fraction of sp³-hybridized carbons (Fsp3) is 0.632. The van der Waals surface area contributed by atoms with E-state index in [1.807, 2.05) is 19.1 Å². The summed E-state index contributed by atoms with van der Waals surface area (Å²) in [7, 11) is 0. The molecule has 2 heterocycles. The van der Waals surface area contributed by atoms with Crippen molar-refractivity contribution in [2.75, 3.05) is 26.6 Å². The van der Waals surface area contributed by atoms with Gasteiger partial charge in [0.1, 0.15) is 0 Å². The Morgan fingerprint density at radius 2 is 1.88 bits per heavy atom. The molecular formula is C19H28N2O4. The molecule has 138 valence electrons. The predicted molar refractivity (Wildman–Crippen MR) is 95.1 cm³/mol. The van der Waals surface area contributed by atoms with E-state index in [-0.39, 0.29) is 24.3 Å². The third kappa shape index (κ3) is 4.00. The first-order chi connectivity index (χ1) is 12.0. The average molecular weight is 348 g/mol. The quantitative estimate of drug-likeness (QED) is 0.858. The van der Waals surface area contributed by atoms with Crippen LogP contribution in [-0.2, 0) is 10.2 Å². The van der Waals surface area contributed by atoms with Crippen LogP contribution in [-0.4, -0.2) is 38.6 Å². The van der Waals surface area contributed by atoms with Crippen molar-refractivity contribution >= 4 is 6.03 Å². The molecule has 2 amide bonds. The molecule has 2 aliphatic rings. The second-order valence-electron chi connectivity index (χ2n) is 7.32. The molecule has 25 heavy (non-hydrogen) atoms. The number of hydrogen-bond donors (Lipinski definition) is 2. The van der Waals surface area contributed by atoms with Crippen LogP contribution >= 0.6 is 0 Å². The number of hydrogen-bond acceptors (Lipinski definition) is 4. The van der Waals surface area contributed by atoms with Crippen LogP contribution in [0, 0.1) is 5.92 Å². The van der Waals surface area contributed by atoms with Gasteiger partial charge in [-0.2, -0.15) is 0 Å². The number of carbonyl (C=O) groups excluding carboxylic acids is 1. The molecule has 1 unspecified atom stereocenters. The molecule has 0 saturated carbocycles. The highest BCUT2D eigenvalue weighted by molar-refractivity contribution is 5.74. The van der Waals surface area contributed by atoms with E-state index in [9.17, 15) is 4.79 Å². The highest BCUT2D eigenvalue weighted by atomic mass is 16.7. The van der Waals surface area contributed by atoms with Gasteiger partial charge >= 0.3 is 6.03 Å². The Balaban J connectivity index is 1.72. The van der Waals surface area contributed by atoms with E-state index in [1.165, 1.54) is 0 Å². The van der Waals surface area contributed by atoms with Crippen molar-refractivity contribution in [3.05, 3.63) is 23.8 Å². The Kier molecular flexibility index (Phi) is 5.37. The van der Waals surface area contributed by atoms with Crippen LogP contribution in [0.25, 0.3) is 0 Å². The molecule has 0 radical (unpaired) electrons. The highest BCUT2D eigenvalue weighted by Crippen LogP contribution is 2.40. The maximum absolute atomic E-state index is 12.3. The van der Waals surface area contributed by atoms with Gasteiger partial charge in [0.15, 0.2) is 11.5 Å². The molecule has 1 saturated heterocycles. The molecule has 6 nitrogen and oxygen atoms in total. The molecule has 2 N–H and O–H groups in total. The number of rotatable bonds is 5.